The van der Waals surface area contributed by atoms with E-state index in [-0.39, 0.29) is 5.60 Å². The van der Waals surface area contributed by atoms with E-state index in [4.69, 9.17) is 11.2 Å². The van der Waals surface area contributed by atoms with Gasteiger partial charge in [-0.15, -0.1) is 12.3 Å². The smallest absolute Gasteiger partial charge is 0.0706 e. The molecule has 1 aliphatic heterocycles. The lowest BCUT2D eigenvalue weighted by Gasteiger charge is -2.43. The molecular formula is C12H20O2. The quantitative estimate of drug-likeness (QED) is 0.700. The molecule has 1 saturated heterocycles. The van der Waals surface area contributed by atoms with Crippen molar-refractivity contribution in [1.82, 2.24) is 0 Å². The molecule has 0 aliphatic carbocycles. The molecule has 2 unspecified atom stereocenters. The van der Waals surface area contributed by atoms with Gasteiger partial charge in [0.25, 0.3) is 0 Å². The van der Waals surface area contributed by atoms with Crippen molar-refractivity contribution in [2.75, 3.05) is 6.61 Å². The van der Waals surface area contributed by atoms with Gasteiger partial charge in [-0.25, -0.2) is 0 Å². The lowest BCUT2D eigenvalue weighted by atomic mass is 9.79. The van der Waals surface area contributed by atoms with E-state index in [2.05, 4.69) is 19.8 Å². The summed E-state index contributed by atoms with van der Waals surface area (Å²) in [6.45, 7) is 4.80. The van der Waals surface area contributed by atoms with Crippen molar-refractivity contribution in [3.63, 3.8) is 0 Å². The number of terminal acetylenes is 1. The first-order valence-corrected chi connectivity index (χ1v) is 5.33. The minimum Gasteiger partial charge on any atom is -0.390 e. The van der Waals surface area contributed by atoms with Crippen LogP contribution in [-0.4, -0.2) is 22.9 Å². The number of hydrogen-bond acceptors (Lipinski definition) is 2. The normalized spacial score (nSPS) is 37.9. The van der Waals surface area contributed by atoms with Crippen LogP contribution < -0.4 is 0 Å². The molecule has 2 nitrogen and oxygen atoms in total. The second-order valence-corrected chi connectivity index (χ2v) is 4.51. The molecule has 0 saturated carbocycles. The van der Waals surface area contributed by atoms with Crippen LogP contribution >= 0.6 is 0 Å². The second kappa shape index (κ2) is 4.33. The molecule has 80 valence electrons. The zero-order valence-corrected chi connectivity index (χ0v) is 9.18. The Morgan fingerprint density at radius 1 is 1.57 bits per heavy atom. The van der Waals surface area contributed by atoms with Crippen LogP contribution in [0.2, 0.25) is 0 Å². The predicted molar refractivity (Wildman–Crippen MR) is 56.9 cm³/mol. The van der Waals surface area contributed by atoms with Gasteiger partial charge in [0.15, 0.2) is 0 Å². The molecule has 1 heterocycles. The highest BCUT2D eigenvalue weighted by atomic mass is 16.5. The van der Waals surface area contributed by atoms with E-state index >= 15 is 0 Å². The van der Waals surface area contributed by atoms with Crippen LogP contribution in [0.4, 0.5) is 0 Å². The van der Waals surface area contributed by atoms with Crippen molar-refractivity contribution in [3.05, 3.63) is 0 Å². The van der Waals surface area contributed by atoms with Gasteiger partial charge in [-0.1, -0.05) is 6.92 Å². The maximum Gasteiger partial charge on any atom is 0.0706 e. The van der Waals surface area contributed by atoms with Crippen molar-refractivity contribution < 1.29 is 9.84 Å². The molecule has 0 amide bonds. The molecule has 0 aromatic carbocycles. The van der Waals surface area contributed by atoms with Crippen LogP contribution in [0.15, 0.2) is 0 Å². The van der Waals surface area contributed by atoms with Gasteiger partial charge in [-0.2, -0.15) is 0 Å². The Kier molecular flexibility index (Phi) is 3.58. The molecule has 14 heavy (non-hydrogen) atoms. The topological polar surface area (TPSA) is 29.5 Å². The summed E-state index contributed by atoms with van der Waals surface area (Å²) >= 11 is 0. The first kappa shape index (κ1) is 11.6. The number of ether oxygens (including phenoxy) is 1. The fourth-order valence-electron chi connectivity index (χ4n) is 2.07. The van der Waals surface area contributed by atoms with Gasteiger partial charge in [0, 0.05) is 12.8 Å². The van der Waals surface area contributed by atoms with Gasteiger partial charge in [0.05, 0.1) is 17.8 Å². The summed E-state index contributed by atoms with van der Waals surface area (Å²) in [5.41, 5.74) is -0.767. The van der Waals surface area contributed by atoms with Crippen LogP contribution in [0.25, 0.3) is 0 Å². The van der Waals surface area contributed by atoms with Crippen molar-refractivity contribution in [2.24, 2.45) is 0 Å². The molecule has 0 aromatic rings. The lowest BCUT2D eigenvalue weighted by molar-refractivity contribution is -0.155. The maximum atomic E-state index is 10.3. The van der Waals surface area contributed by atoms with Crippen LogP contribution in [0.1, 0.15) is 46.0 Å². The number of hydrogen-bond donors (Lipinski definition) is 1. The molecule has 0 radical (unpaired) electrons. The third kappa shape index (κ3) is 2.73. The molecule has 1 aliphatic rings. The summed E-state index contributed by atoms with van der Waals surface area (Å²) in [5.74, 6) is 2.58. The van der Waals surface area contributed by atoms with Crippen LogP contribution in [-0.2, 0) is 4.74 Å². The predicted octanol–water partition coefficient (Wildman–Crippen LogP) is 2.11. The zero-order valence-electron chi connectivity index (χ0n) is 9.18. The van der Waals surface area contributed by atoms with Gasteiger partial charge < -0.3 is 9.84 Å². The van der Waals surface area contributed by atoms with Crippen LogP contribution in [0.5, 0.6) is 0 Å². The van der Waals surface area contributed by atoms with Crippen molar-refractivity contribution in [1.29, 1.82) is 0 Å². The molecule has 1 fully saturated rings. The molecule has 0 aromatic heterocycles. The number of rotatable bonds is 3. The third-order valence-corrected chi connectivity index (χ3v) is 3.20. The second-order valence-electron chi connectivity index (χ2n) is 4.51. The summed E-state index contributed by atoms with van der Waals surface area (Å²) < 4.78 is 5.68. The molecular weight excluding hydrogens is 176 g/mol. The minimum absolute atomic E-state index is 0.165. The van der Waals surface area contributed by atoms with E-state index in [1.165, 1.54) is 0 Å². The fraction of sp³-hybridized carbons (Fsp3) is 0.833. The Labute approximate surface area is 86.7 Å². The summed E-state index contributed by atoms with van der Waals surface area (Å²) in [6.07, 6.45) is 8.91. The van der Waals surface area contributed by atoms with Gasteiger partial charge in [0.2, 0.25) is 0 Å². The largest absolute Gasteiger partial charge is 0.390 e. The SMILES string of the molecule is C#CCCC1(O)CCOC(C)(CC)C1. The summed E-state index contributed by atoms with van der Waals surface area (Å²) in [7, 11) is 0. The minimum atomic E-state index is -0.602. The average Bonchev–Trinajstić information content (AvgIpc) is 2.15. The monoisotopic (exact) mass is 196 g/mol. The first-order valence-electron chi connectivity index (χ1n) is 5.33. The Morgan fingerprint density at radius 3 is 2.86 bits per heavy atom. The van der Waals surface area contributed by atoms with Crippen molar-refractivity contribution >= 4 is 0 Å². The molecule has 0 bridgehead atoms. The molecule has 2 heteroatoms. The lowest BCUT2D eigenvalue weighted by Crippen LogP contribution is -2.47. The van der Waals surface area contributed by atoms with Gasteiger partial charge in [-0.05, 0) is 26.2 Å². The molecule has 2 atom stereocenters. The fourth-order valence-corrected chi connectivity index (χ4v) is 2.07. The number of aliphatic hydroxyl groups is 1. The van der Waals surface area contributed by atoms with E-state index in [1.807, 2.05) is 0 Å². The highest BCUT2D eigenvalue weighted by molar-refractivity contribution is 4.95. The summed E-state index contributed by atoms with van der Waals surface area (Å²) in [4.78, 5) is 0. The zero-order chi connectivity index (χ0) is 10.7. The molecule has 1 rings (SSSR count). The third-order valence-electron chi connectivity index (χ3n) is 3.20. The van der Waals surface area contributed by atoms with Crippen LogP contribution in [0.3, 0.4) is 0 Å². The van der Waals surface area contributed by atoms with E-state index in [9.17, 15) is 5.11 Å². The Bertz CT molecular complexity index is 231. The van der Waals surface area contributed by atoms with E-state index in [1.54, 1.807) is 0 Å². The Balaban J connectivity index is 2.58. The Hall–Kier alpha value is -0.520. The first-order chi connectivity index (χ1) is 6.54. The molecule has 1 N–H and O–H groups in total. The maximum absolute atomic E-state index is 10.3. The highest BCUT2D eigenvalue weighted by Crippen LogP contribution is 2.36. The van der Waals surface area contributed by atoms with E-state index in [0.29, 0.717) is 32.3 Å². The van der Waals surface area contributed by atoms with Crippen molar-refractivity contribution in [2.45, 2.75) is 57.2 Å². The summed E-state index contributed by atoms with van der Waals surface area (Å²) in [5, 5.41) is 10.3. The van der Waals surface area contributed by atoms with Crippen LogP contribution in [0, 0.1) is 12.3 Å². The Morgan fingerprint density at radius 2 is 2.29 bits per heavy atom. The summed E-state index contributed by atoms with van der Waals surface area (Å²) in [6, 6.07) is 0. The standard InChI is InChI=1S/C12H20O2/c1-4-6-7-12(13)8-9-14-11(3,5-2)10-12/h1,13H,5-10H2,2-3H3. The molecule has 0 spiro atoms. The highest BCUT2D eigenvalue weighted by Gasteiger charge is 2.40. The average molecular weight is 196 g/mol. The van der Waals surface area contributed by atoms with Gasteiger partial charge >= 0.3 is 0 Å². The van der Waals surface area contributed by atoms with Gasteiger partial charge in [-0.3, -0.25) is 0 Å². The van der Waals surface area contributed by atoms with E-state index in [0.717, 1.165) is 6.42 Å². The van der Waals surface area contributed by atoms with Gasteiger partial charge in [0.1, 0.15) is 0 Å². The van der Waals surface area contributed by atoms with E-state index < -0.39 is 5.60 Å². The van der Waals surface area contributed by atoms with Crippen molar-refractivity contribution in [3.8, 4) is 12.3 Å².